The van der Waals surface area contributed by atoms with Crippen molar-refractivity contribution in [1.82, 2.24) is 14.8 Å². The second-order valence-electron chi connectivity index (χ2n) is 5.84. The van der Waals surface area contributed by atoms with Crippen LogP contribution in [-0.4, -0.2) is 66.2 Å². The Hall–Kier alpha value is -1.66. The number of hydrogen-bond acceptors (Lipinski definition) is 4. The van der Waals surface area contributed by atoms with E-state index in [-0.39, 0.29) is 6.03 Å². The summed E-state index contributed by atoms with van der Waals surface area (Å²) in [7, 11) is 0. The summed E-state index contributed by atoms with van der Waals surface area (Å²) in [6, 6.07) is 5.96. The maximum absolute atomic E-state index is 12.4. The van der Waals surface area contributed by atoms with Gasteiger partial charge in [0.25, 0.3) is 0 Å². The van der Waals surface area contributed by atoms with Crippen LogP contribution >= 0.6 is 0 Å². The summed E-state index contributed by atoms with van der Waals surface area (Å²) in [5.41, 5.74) is 0.898. The Bertz CT molecular complexity index is 509. The van der Waals surface area contributed by atoms with Crippen molar-refractivity contribution >= 4 is 11.8 Å². The molecule has 1 aliphatic rings. The first-order valence-electron chi connectivity index (χ1n) is 8.45. The average Bonchev–Trinajstić information content (AvgIpc) is 2.55. The Morgan fingerprint density at radius 3 is 2.91 bits per heavy atom. The smallest absolute Gasteiger partial charge is 0.323 e. The van der Waals surface area contributed by atoms with Gasteiger partial charge in [-0.05, 0) is 32.4 Å². The maximum Gasteiger partial charge on any atom is 0.323 e. The number of carbonyl (C=O) groups excluding carboxylic acids is 1. The van der Waals surface area contributed by atoms with Gasteiger partial charge in [0.1, 0.15) is 5.82 Å². The SMILES string of the molecule is CCOCCN1CCN(C(=O)Nc2cccc(C)n2)CC1CC. The van der Waals surface area contributed by atoms with E-state index in [2.05, 4.69) is 22.1 Å². The van der Waals surface area contributed by atoms with Gasteiger partial charge in [-0.1, -0.05) is 13.0 Å². The number of aromatic nitrogens is 1. The van der Waals surface area contributed by atoms with Crippen LogP contribution in [-0.2, 0) is 4.74 Å². The summed E-state index contributed by atoms with van der Waals surface area (Å²) in [4.78, 5) is 21.1. The maximum atomic E-state index is 12.4. The number of carbonyl (C=O) groups is 1. The van der Waals surface area contributed by atoms with Crippen LogP contribution in [0.1, 0.15) is 26.0 Å². The van der Waals surface area contributed by atoms with E-state index in [0.717, 1.165) is 51.5 Å². The number of pyridine rings is 1. The lowest BCUT2D eigenvalue weighted by atomic mass is 10.1. The molecule has 6 nitrogen and oxygen atoms in total. The van der Waals surface area contributed by atoms with Gasteiger partial charge in [0.15, 0.2) is 0 Å². The third-order valence-corrected chi connectivity index (χ3v) is 4.21. The van der Waals surface area contributed by atoms with E-state index in [9.17, 15) is 4.79 Å². The van der Waals surface area contributed by atoms with Crippen LogP contribution in [0.2, 0.25) is 0 Å². The van der Waals surface area contributed by atoms with Gasteiger partial charge < -0.3 is 9.64 Å². The summed E-state index contributed by atoms with van der Waals surface area (Å²) >= 11 is 0. The van der Waals surface area contributed by atoms with Crippen molar-refractivity contribution in [2.45, 2.75) is 33.2 Å². The molecule has 1 aromatic rings. The zero-order chi connectivity index (χ0) is 16.7. The van der Waals surface area contributed by atoms with E-state index in [0.29, 0.717) is 11.9 Å². The lowest BCUT2D eigenvalue weighted by Gasteiger charge is -2.41. The monoisotopic (exact) mass is 320 g/mol. The molecule has 1 unspecified atom stereocenters. The number of hydrogen-bond donors (Lipinski definition) is 1. The Morgan fingerprint density at radius 1 is 1.39 bits per heavy atom. The molecule has 1 atom stereocenters. The van der Waals surface area contributed by atoms with E-state index in [1.165, 1.54) is 0 Å². The highest BCUT2D eigenvalue weighted by Gasteiger charge is 2.28. The molecule has 23 heavy (non-hydrogen) atoms. The molecule has 2 heterocycles. The molecular formula is C17H28N4O2. The third kappa shape index (κ3) is 5.18. The average molecular weight is 320 g/mol. The van der Waals surface area contributed by atoms with Crippen LogP contribution in [0.15, 0.2) is 18.2 Å². The zero-order valence-corrected chi connectivity index (χ0v) is 14.4. The first-order chi connectivity index (χ1) is 11.1. The molecule has 6 heteroatoms. The Kier molecular flexibility index (Phi) is 6.80. The summed E-state index contributed by atoms with van der Waals surface area (Å²) in [5, 5.41) is 2.90. The number of nitrogens with one attached hydrogen (secondary N) is 1. The Balaban J connectivity index is 1.88. The van der Waals surface area contributed by atoms with Crippen LogP contribution in [0.25, 0.3) is 0 Å². The van der Waals surface area contributed by atoms with Gasteiger partial charge in [-0.25, -0.2) is 9.78 Å². The lowest BCUT2D eigenvalue weighted by Crippen LogP contribution is -2.56. The molecule has 0 bridgehead atoms. The molecule has 0 radical (unpaired) electrons. The van der Waals surface area contributed by atoms with Crippen molar-refractivity contribution < 1.29 is 9.53 Å². The number of ether oxygens (including phenoxy) is 1. The highest BCUT2D eigenvalue weighted by atomic mass is 16.5. The summed E-state index contributed by atoms with van der Waals surface area (Å²) in [6.45, 7) is 10.9. The number of amides is 2. The zero-order valence-electron chi connectivity index (χ0n) is 14.4. The van der Waals surface area contributed by atoms with E-state index in [1.54, 1.807) is 0 Å². The summed E-state index contributed by atoms with van der Waals surface area (Å²) in [5.74, 6) is 0.613. The van der Waals surface area contributed by atoms with Crippen molar-refractivity contribution in [3.63, 3.8) is 0 Å². The first kappa shape index (κ1) is 17.7. The molecule has 1 aromatic heterocycles. The Labute approximate surface area is 138 Å². The summed E-state index contributed by atoms with van der Waals surface area (Å²) < 4.78 is 5.45. The fourth-order valence-electron chi connectivity index (χ4n) is 2.89. The second-order valence-corrected chi connectivity index (χ2v) is 5.84. The second kappa shape index (κ2) is 8.84. The van der Waals surface area contributed by atoms with Gasteiger partial charge in [-0.3, -0.25) is 10.2 Å². The molecule has 0 saturated carbocycles. The van der Waals surface area contributed by atoms with E-state index in [4.69, 9.17) is 4.74 Å². The molecule has 0 aliphatic carbocycles. The number of rotatable bonds is 6. The minimum atomic E-state index is -0.0639. The molecule has 0 spiro atoms. The molecular weight excluding hydrogens is 292 g/mol. The Morgan fingerprint density at radius 2 is 2.22 bits per heavy atom. The molecule has 1 fully saturated rings. The van der Waals surface area contributed by atoms with E-state index < -0.39 is 0 Å². The van der Waals surface area contributed by atoms with Gasteiger partial charge in [0.2, 0.25) is 0 Å². The number of piperazine rings is 1. The van der Waals surface area contributed by atoms with Crippen molar-refractivity contribution in [3.8, 4) is 0 Å². The van der Waals surface area contributed by atoms with Crippen molar-refractivity contribution in [3.05, 3.63) is 23.9 Å². The standard InChI is InChI=1S/C17H28N4O2/c1-4-15-13-21(10-9-20(15)11-12-23-5-2)17(22)19-16-8-6-7-14(3)18-16/h6-8,15H,4-5,9-13H2,1-3H3,(H,18,19,22). The topological polar surface area (TPSA) is 57.7 Å². The molecule has 0 aromatic carbocycles. The van der Waals surface area contributed by atoms with Crippen molar-refractivity contribution in [2.75, 3.05) is 44.7 Å². The predicted molar refractivity (Wildman–Crippen MR) is 91.7 cm³/mol. The molecule has 1 N–H and O–H groups in total. The largest absolute Gasteiger partial charge is 0.380 e. The lowest BCUT2D eigenvalue weighted by molar-refractivity contribution is 0.0545. The minimum Gasteiger partial charge on any atom is -0.380 e. The van der Waals surface area contributed by atoms with Gasteiger partial charge in [0.05, 0.1) is 6.61 Å². The normalized spacial score (nSPS) is 18.9. The van der Waals surface area contributed by atoms with Gasteiger partial charge in [0, 0.05) is 44.5 Å². The molecule has 1 aliphatic heterocycles. The molecule has 1 saturated heterocycles. The minimum absolute atomic E-state index is 0.0639. The number of nitrogens with zero attached hydrogens (tertiary/aromatic N) is 3. The molecule has 2 rings (SSSR count). The number of urea groups is 1. The third-order valence-electron chi connectivity index (χ3n) is 4.21. The first-order valence-corrected chi connectivity index (χ1v) is 8.45. The van der Waals surface area contributed by atoms with Gasteiger partial charge in [-0.15, -0.1) is 0 Å². The van der Waals surface area contributed by atoms with E-state index in [1.807, 2.05) is 36.9 Å². The molecule has 128 valence electrons. The van der Waals surface area contributed by atoms with E-state index >= 15 is 0 Å². The van der Waals surface area contributed by atoms with Crippen molar-refractivity contribution in [1.29, 1.82) is 0 Å². The van der Waals surface area contributed by atoms with Gasteiger partial charge in [-0.2, -0.15) is 0 Å². The van der Waals surface area contributed by atoms with Gasteiger partial charge >= 0.3 is 6.03 Å². The highest BCUT2D eigenvalue weighted by molar-refractivity contribution is 5.88. The summed E-state index contributed by atoms with van der Waals surface area (Å²) in [6.07, 6.45) is 1.03. The molecule has 2 amide bonds. The van der Waals surface area contributed by atoms with Crippen LogP contribution in [0.5, 0.6) is 0 Å². The van der Waals surface area contributed by atoms with Crippen molar-refractivity contribution in [2.24, 2.45) is 0 Å². The fraction of sp³-hybridized carbons (Fsp3) is 0.647. The van der Waals surface area contributed by atoms with Crippen LogP contribution in [0.3, 0.4) is 0 Å². The van der Waals surface area contributed by atoms with Crippen LogP contribution < -0.4 is 5.32 Å². The quantitative estimate of drug-likeness (QED) is 0.818. The van der Waals surface area contributed by atoms with Crippen LogP contribution in [0, 0.1) is 6.92 Å². The predicted octanol–water partition coefficient (Wildman–Crippen LogP) is 2.35. The number of anilines is 1. The number of aryl methyl sites for hydroxylation is 1. The van der Waals surface area contributed by atoms with Crippen LogP contribution in [0.4, 0.5) is 10.6 Å². The fourth-order valence-corrected chi connectivity index (χ4v) is 2.89. The highest BCUT2D eigenvalue weighted by Crippen LogP contribution is 2.14.